The molecule has 1 heterocycles. The highest BCUT2D eigenvalue weighted by Gasteiger charge is 2.02. The van der Waals surface area contributed by atoms with E-state index in [-0.39, 0.29) is 0 Å². The summed E-state index contributed by atoms with van der Waals surface area (Å²) in [6.45, 7) is 0. The fraction of sp³-hybridized carbons (Fsp3) is 0.0625. The molecule has 0 unspecified atom stereocenters. The molecule has 0 saturated carbocycles. The number of para-hydroxylation sites is 1. The molecule has 2 aromatic carbocycles. The molecule has 2 heteroatoms. The molecule has 1 nitrogen and oxygen atoms in total. The first-order chi connectivity index (χ1) is 8.83. The third-order valence-corrected chi connectivity index (χ3v) is 3.27. The smallest absolute Gasteiger partial charge is 0.0888 e. The molecule has 0 atom stereocenters. The van der Waals surface area contributed by atoms with Gasteiger partial charge in [-0.05, 0) is 29.7 Å². The average Bonchev–Trinajstić information content (AvgIpc) is 2.40. The predicted molar refractivity (Wildman–Crippen MR) is 76.0 cm³/mol. The maximum absolute atomic E-state index is 6.11. The lowest BCUT2D eigenvalue weighted by Gasteiger charge is -2.04. The lowest BCUT2D eigenvalue weighted by atomic mass is 10.1. The van der Waals surface area contributed by atoms with Crippen LogP contribution >= 0.6 is 11.6 Å². The molecule has 0 saturated heterocycles. The van der Waals surface area contributed by atoms with Gasteiger partial charge < -0.3 is 0 Å². The van der Waals surface area contributed by atoms with Crippen molar-refractivity contribution in [2.24, 2.45) is 0 Å². The van der Waals surface area contributed by atoms with Gasteiger partial charge in [-0.15, -0.1) is 0 Å². The lowest BCUT2D eigenvalue weighted by Crippen LogP contribution is -1.90. The SMILES string of the molecule is Clc1cccc2cc(Cc3ccccc3)cnc12. The molecular weight excluding hydrogens is 242 g/mol. The fourth-order valence-electron chi connectivity index (χ4n) is 2.10. The Morgan fingerprint density at radius 1 is 0.889 bits per heavy atom. The van der Waals surface area contributed by atoms with Crippen molar-refractivity contribution in [3.63, 3.8) is 0 Å². The Kier molecular flexibility index (Phi) is 2.99. The second-order valence-corrected chi connectivity index (χ2v) is 4.72. The van der Waals surface area contributed by atoms with Crippen LogP contribution < -0.4 is 0 Å². The van der Waals surface area contributed by atoms with E-state index in [1.807, 2.05) is 30.5 Å². The van der Waals surface area contributed by atoms with E-state index in [9.17, 15) is 0 Å². The average molecular weight is 254 g/mol. The molecule has 0 aliphatic rings. The molecule has 0 aliphatic heterocycles. The number of hydrogen-bond donors (Lipinski definition) is 0. The maximum Gasteiger partial charge on any atom is 0.0888 e. The van der Waals surface area contributed by atoms with Crippen LogP contribution in [0.2, 0.25) is 5.02 Å². The minimum atomic E-state index is 0.707. The van der Waals surface area contributed by atoms with E-state index >= 15 is 0 Å². The molecule has 3 rings (SSSR count). The van der Waals surface area contributed by atoms with Crippen molar-refractivity contribution < 1.29 is 0 Å². The van der Waals surface area contributed by atoms with E-state index in [4.69, 9.17) is 11.6 Å². The number of fused-ring (bicyclic) bond motifs is 1. The standard InChI is InChI=1S/C16H12ClN/c17-15-8-4-7-14-10-13(11-18-16(14)15)9-12-5-2-1-3-6-12/h1-8,10-11H,9H2. The molecule has 0 aliphatic carbocycles. The van der Waals surface area contributed by atoms with E-state index in [0.29, 0.717) is 5.02 Å². The second kappa shape index (κ2) is 4.79. The lowest BCUT2D eigenvalue weighted by molar-refractivity contribution is 1.17. The Bertz CT molecular complexity index is 677. The Morgan fingerprint density at radius 3 is 2.56 bits per heavy atom. The molecule has 1 aromatic heterocycles. The molecule has 0 spiro atoms. The Labute approximate surface area is 111 Å². The van der Waals surface area contributed by atoms with Crippen molar-refractivity contribution in [2.75, 3.05) is 0 Å². The fourth-order valence-corrected chi connectivity index (χ4v) is 2.33. The quantitative estimate of drug-likeness (QED) is 0.656. The molecule has 0 amide bonds. The zero-order chi connectivity index (χ0) is 12.4. The van der Waals surface area contributed by atoms with Gasteiger partial charge in [-0.3, -0.25) is 4.98 Å². The molecular formula is C16H12ClN. The Morgan fingerprint density at radius 2 is 1.72 bits per heavy atom. The number of hydrogen-bond acceptors (Lipinski definition) is 1. The van der Waals surface area contributed by atoms with Crippen LogP contribution in [0.15, 0.2) is 60.8 Å². The zero-order valence-electron chi connectivity index (χ0n) is 9.81. The molecule has 3 aromatic rings. The van der Waals surface area contributed by atoms with Crippen LogP contribution in [0.3, 0.4) is 0 Å². The van der Waals surface area contributed by atoms with Crippen molar-refractivity contribution in [1.29, 1.82) is 0 Å². The van der Waals surface area contributed by atoms with Gasteiger partial charge in [0.1, 0.15) is 0 Å². The number of aromatic nitrogens is 1. The van der Waals surface area contributed by atoms with Crippen LogP contribution in [0.5, 0.6) is 0 Å². The second-order valence-electron chi connectivity index (χ2n) is 4.32. The number of rotatable bonds is 2. The van der Waals surface area contributed by atoms with Gasteiger partial charge in [-0.2, -0.15) is 0 Å². The van der Waals surface area contributed by atoms with Crippen LogP contribution in [0.25, 0.3) is 10.9 Å². The summed E-state index contributed by atoms with van der Waals surface area (Å²) in [5, 5.41) is 1.80. The van der Waals surface area contributed by atoms with E-state index in [0.717, 1.165) is 17.3 Å². The highest BCUT2D eigenvalue weighted by Crippen LogP contribution is 2.22. The van der Waals surface area contributed by atoms with Crippen LogP contribution in [0.4, 0.5) is 0 Å². The van der Waals surface area contributed by atoms with E-state index < -0.39 is 0 Å². The van der Waals surface area contributed by atoms with Gasteiger partial charge in [0.05, 0.1) is 10.5 Å². The summed E-state index contributed by atoms with van der Waals surface area (Å²) in [5.74, 6) is 0. The van der Waals surface area contributed by atoms with Crippen LogP contribution in [-0.4, -0.2) is 4.98 Å². The summed E-state index contributed by atoms with van der Waals surface area (Å²) < 4.78 is 0. The van der Waals surface area contributed by atoms with Gasteiger partial charge in [0, 0.05) is 11.6 Å². The zero-order valence-corrected chi connectivity index (χ0v) is 10.6. The van der Waals surface area contributed by atoms with Gasteiger partial charge in [0.25, 0.3) is 0 Å². The van der Waals surface area contributed by atoms with Crippen molar-refractivity contribution in [2.45, 2.75) is 6.42 Å². The van der Waals surface area contributed by atoms with Crippen molar-refractivity contribution in [3.05, 3.63) is 76.9 Å². The third kappa shape index (κ3) is 2.22. The minimum Gasteiger partial charge on any atom is -0.254 e. The van der Waals surface area contributed by atoms with Crippen LogP contribution in [0, 0.1) is 0 Å². The van der Waals surface area contributed by atoms with Gasteiger partial charge in [-0.25, -0.2) is 0 Å². The summed E-state index contributed by atoms with van der Waals surface area (Å²) in [7, 11) is 0. The topological polar surface area (TPSA) is 12.9 Å². The van der Waals surface area contributed by atoms with Gasteiger partial charge in [0.2, 0.25) is 0 Å². The number of pyridine rings is 1. The Balaban J connectivity index is 1.99. The van der Waals surface area contributed by atoms with Gasteiger partial charge in [0.15, 0.2) is 0 Å². The largest absolute Gasteiger partial charge is 0.254 e. The van der Waals surface area contributed by atoms with E-state index in [1.54, 1.807) is 0 Å². The van der Waals surface area contributed by atoms with Gasteiger partial charge in [-0.1, -0.05) is 54.1 Å². The molecule has 18 heavy (non-hydrogen) atoms. The van der Waals surface area contributed by atoms with Crippen molar-refractivity contribution in [3.8, 4) is 0 Å². The molecule has 0 radical (unpaired) electrons. The van der Waals surface area contributed by atoms with Crippen molar-refractivity contribution >= 4 is 22.5 Å². The number of halogens is 1. The number of nitrogens with zero attached hydrogens (tertiary/aromatic N) is 1. The minimum absolute atomic E-state index is 0.707. The summed E-state index contributed by atoms with van der Waals surface area (Å²) in [5.41, 5.74) is 3.37. The normalized spacial score (nSPS) is 10.7. The molecule has 88 valence electrons. The highest BCUT2D eigenvalue weighted by atomic mass is 35.5. The molecule has 0 fully saturated rings. The van der Waals surface area contributed by atoms with E-state index in [1.165, 1.54) is 11.1 Å². The molecule has 0 bridgehead atoms. The first kappa shape index (κ1) is 11.2. The van der Waals surface area contributed by atoms with Crippen molar-refractivity contribution in [1.82, 2.24) is 4.98 Å². The number of benzene rings is 2. The monoisotopic (exact) mass is 253 g/mol. The summed E-state index contributed by atoms with van der Waals surface area (Å²) in [6.07, 6.45) is 2.80. The summed E-state index contributed by atoms with van der Waals surface area (Å²) >= 11 is 6.11. The summed E-state index contributed by atoms with van der Waals surface area (Å²) in [4.78, 5) is 4.44. The van der Waals surface area contributed by atoms with Crippen LogP contribution in [-0.2, 0) is 6.42 Å². The van der Waals surface area contributed by atoms with Gasteiger partial charge >= 0.3 is 0 Å². The Hall–Kier alpha value is -1.86. The summed E-state index contributed by atoms with van der Waals surface area (Å²) in [6, 6.07) is 18.4. The predicted octanol–water partition coefficient (Wildman–Crippen LogP) is 4.48. The maximum atomic E-state index is 6.11. The highest BCUT2D eigenvalue weighted by molar-refractivity contribution is 6.35. The molecule has 0 N–H and O–H groups in total. The first-order valence-electron chi connectivity index (χ1n) is 5.90. The third-order valence-electron chi connectivity index (χ3n) is 2.97. The van der Waals surface area contributed by atoms with E-state index in [2.05, 4.69) is 35.3 Å². The first-order valence-corrected chi connectivity index (χ1v) is 6.28. The van der Waals surface area contributed by atoms with Crippen LogP contribution in [0.1, 0.15) is 11.1 Å².